The molecule has 0 spiro atoms. The molecule has 5 aromatic rings. The minimum atomic E-state index is -1.03. The number of carbonyl (C=O) groups excluding carboxylic acids is 2. The van der Waals surface area contributed by atoms with Crippen molar-refractivity contribution < 1.29 is 9.59 Å². The Labute approximate surface area is 179 Å². The van der Waals surface area contributed by atoms with Crippen molar-refractivity contribution >= 4 is 33.4 Å². The molecule has 4 nitrogen and oxygen atoms in total. The molecule has 0 amide bonds. The average molecular weight is 402 g/mol. The van der Waals surface area contributed by atoms with E-state index in [0.717, 1.165) is 21.8 Å². The van der Waals surface area contributed by atoms with Crippen LogP contribution < -0.4 is 0 Å². The van der Waals surface area contributed by atoms with Gasteiger partial charge in [0.25, 0.3) is 0 Å². The first-order valence-electron chi connectivity index (χ1n) is 10.1. The number of fused-ring (bicyclic) bond motifs is 3. The first-order chi connectivity index (χ1) is 15.2. The van der Waals surface area contributed by atoms with Gasteiger partial charge in [-0.15, -0.1) is 0 Å². The zero-order valence-corrected chi connectivity index (χ0v) is 16.6. The van der Waals surface area contributed by atoms with Gasteiger partial charge in [0.2, 0.25) is 0 Å². The van der Waals surface area contributed by atoms with Crippen molar-refractivity contribution in [1.82, 2.24) is 9.97 Å². The van der Waals surface area contributed by atoms with Crippen molar-refractivity contribution in [3.63, 3.8) is 0 Å². The molecule has 2 heterocycles. The van der Waals surface area contributed by atoms with Crippen LogP contribution in [0.1, 0.15) is 32.3 Å². The zero-order chi connectivity index (χ0) is 21.2. The number of benzene rings is 3. The molecule has 0 unspecified atom stereocenters. The molecule has 148 valence electrons. The lowest BCUT2D eigenvalue weighted by molar-refractivity contribution is 0.0858. The summed E-state index contributed by atoms with van der Waals surface area (Å²) >= 11 is 0. The summed E-state index contributed by atoms with van der Waals surface area (Å²) in [6, 6.07) is 29.2. The van der Waals surface area contributed by atoms with Gasteiger partial charge in [0.05, 0.1) is 16.7 Å². The predicted molar refractivity (Wildman–Crippen MR) is 121 cm³/mol. The van der Waals surface area contributed by atoms with Gasteiger partial charge in [0.15, 0.2) is 11.6 Å². The Morgan fingerprint density at radius 3 is 1.90 bits per heavy atom. The fourth-order valence-corrected chi connectivity index (χ4v) is 3.84. The molecule has 0 N–H and O–H groups in total. The van der Waals surface area contributed by atoms with E-state index in [1.807, 2.05) is 42.5 Å². The molecule has 0 fully saturated rings. The van der Waals surface area contributed by atoms with E-state index in [2.05, 4.69) is 4.98 Å². The average Bonchev–Trinajstić information content (AvgIpc) is 2.85. The third kappa shape index (κ3) is 3.49. The lowest BCUT2D eigenvalue weighted by atomic mass is 9.87. The monoisotopic (exact) mass is 402 g/mol. The van der Waals surface area contributed by atoms with E-state index in [-0.39, 0.29) is 11.6 Å². The normalized spacial score (nSPS) is 11.1. The van der Waals surface area contributed by atoms with Gasteiger partial charge in [-0.25, -0.2) is 0 Å². The third-order valence-corrected chi connectivity index (χ3v) is 5.40. The molecule has 0 atom stereocenters. The van der Waals surface area contributed by atoms with Crippen LogP contribution in [-0.4, -0.2) is 21.5 Å². The number of nitrogens with zero attached hydrogens (tertiary/aromatic N) is 2. The second-order valence-electron chi connectivity index (χ2n) is 7.34. The lowest BCUT2D eigenvalue weighted by Crippen LogP contribution is -2.23. The summed E-state index contributed by atoms with van der Waals surface area (Å²) in [7, 11) is 0. The molecular formula is C27H18N2O2. The van der Waals surface area contributed by atoms with Gasteiger partial charge in [0.1, 0.15) is 5.92 Å². The van der Waals surface area contributed by atoms with E-state index in [1.165, 1.54) is 0 Å². The van der Waals surface area contributed by atoms with Gasteiger partial charge in [0, 0.05) is 28.1 Å². The van der Waals surface area contributed by atoms with Gasteiger partial charge in [-0.05, 0) is 24.3 Å². The molecule has 0 bridgehead atoms. The molecule has 5 rings (SSSR count). The molecular weight excluding hydrogens is 384 g/mol. The van der Waals surface area contributed by atoms with Gasteiger partial charge in [-0.1, -0.05) is 72.8 Å². The van der Waals surface area contributed by atoms with Gasteiger partial charge < -0.3 is 0 Å². The maximum atomic E-state index is 13.5. The van der Waals surface area contributed by atoms with E-state index < -0.39 is 5.92 Å². The Morgan fingerprint density at radius 1 is 0.645 bits per heavy atom. The Bertz CT molecular complexity index is 1360. The summed E-state index contributed by atoms with van der Waals surface area (Å²) in [6.45, 7) is 0. The molecule has 2 aromatic heterocycles. The number of pyridine rings is 2. The van der Waals surface area contributed by atoms with Crippen LogP contribution in [0.5, 0.6) is 0 Å². The lowest BCUT2D eigenvalue weighted by Gasteiger charge is -2.16. The molecule has 0 aliphatic heterocycles. The largest absolute Gasteiger partial charge is 0.293 e. The summed E-state index contributed by atoms with van der Waals surface area (Å²) in [5.74, 6) is -1.56. The Hall–Kier alpha value is -4.18. The number of hydrogen-bond donors (Lipinski definition) is 0. The molecule has 0 radical (unpaired) electrons. The molecule has 4 heteroatoms. The highest BCUT2D eigenvalue weighted by Gasteiger charge is 2.31. The number of Topliss-reactive ketones (excluding diaryl/α,β-unsaturated/α-hetero) is 2. The summed E-state index contributed by atoms with van der Waals surface area (Å²) < 4.78 is 0. The molecule has 0 saturated carbocycles. The number of carbonyl (C=O) groups is 2. The van der Waals surface area contributed by atoms with Crippen molar-refractivity contribution in [2.24, 2.45) is 0 Å². The number of aromatic nitrogens is 2. The summed E-state index contributed by atoms with van der Waals surface area (Å²) in [5, 5.41) is 1.82. The van der Waals surface area contributed by atoms with E-state index in [4.69, 9.17) is 4.98 Å². The summed E-state index contributed by atoms with van der Waals surface area (Å²) in [6.07, 6.45) is 1.73. The number of rotatable bonds is 5. The van der Waals surface area contributed by atoms with Crippen molar-refractivity contribution in [3.05, 3.63) is 120 Å². The SMILES string of the molecule is O=C(c1ccccc1)C(C(=O)c1ccccc1)c1ccc2ccc3ncccc3c2n1. The number of hydrogen-bond acceptors (Lipinski definition) is 4. The smallest absolute Gasteiger partial charge is 0.179 e. The maximum absolute atomic E-state index is 13.5. The highest BCUT2D eigenvalue weighted by Crippen LogP contribution is 2.28. The minimum absolute atomic E-state index is 0.264. The van der Waals surface area contributed by atoms with Gasteiger partial charge >= 0.3 is 0 Å². The zero-order valence-electron chi connectivity index (χ0n) is 16.6. The topological polar surface area (TPSA) is 59.9 Å². The Kier molecular flexibility index (Phi) is 4.81. The molecule has 0 saturated heterocycles. The van der Waals surface area contributed by atoms with Crippen LogP contribution in [0, 0.1) is 0 Å². The van der Waals surface area contributed by atoms with Gasteiger partial charge in [-0.3, -0.25) is 19.6 Å². The fourth-order valence-electron chi connectivity index (χ4n) is 3.84. The second-order valence-corrected chi connectivity index (χ2v) is 7.34. The molecule has 31 heavy (non-hydrogen) atoms. The molecule has 0 aliphatic carbocycles. The van der Waals surface area contributed by atoms with Crippen LogP contribution in [0.2, 0.25) is 0 Å². The molecule has 3 aromatic carbocycles. The highest BCUT2D eigenvalue weighted by atomic mass is 16.2. The highest BCUT2D eigenvalue weighted by molar-refractivity contribution is 6.20. The van der Waals surface area contributed by atoms with Crippen LogP contribution in [0.15, 0.2) is 103 Å². The van der Waals surface area contributed by atoms with Crippen LogP contribution in [0.4, 0.5) is 0 Å². The Balaban J connectivity index is 1.70. The standard InChI is InChI=1S/C27H18N2O2/c30-26(19-8-3-1-4-9-19)24(27(31)20-10-5-2-6-11-20)23-16-14-18-13-15-22-21(25(18)29-23)12-7-17-28-22/h1-17,24H. The Morgan fingerprint density at radius 2 is 1.26 bits per heavy atom. The van der Waals surface area contributed by atoms with E-state index in [0.29, 0.717) is 16.8 Å². The van der Waals surface area contributed by atoms with E-state index in [9.17, 15) is 9.59 Å². The number of ketones is 2. The van der Waals surface area contributed by atoms with Crippen LogP contribution in [0.3, 0.4) is 0 Å². The van der Waals surface area contributed by atoms with Gasteiger partial charge in [-0.2, -0.15) is 0 Å². The summed E-state index contributed by atoms with van der Waals surface area (Å²) in [5.41, 5.74) is 2.96. The van der Waals surface area contributed by atoms with Crippen molar-refractivity contribution in [1.29, 1.82) is 0 Å². The second kappa shape index (κ2) is 7.92. The minimum Gasteiger partial charge on any atom is -0.293 e. The first kappa shape index (κ1) is 18.8. The first-order valence-corrected chi connectivity index (χ1v) is 10.1. The van der Waals surface area contributed by atoms with Crippen LogP contribution in [0.25, 0.3) is 21.8 Å². The maximum Gasteiger partial charge on any atom is 0.179 e. The quantitative estimate of drug-likeness (QED) is 0.217. The summed E-state index contributed by atoms with van der Waals surface area (Å²) in [4.78, 5) is 36.2. The van der Waals surface area contributed by atoms with Crippen LogP contribution in [-0.2, 0) is 0 Å². The van der Waals surface area contributed by atoms with Crippen molar-refractivity contribution in [2.75, 3.05) is 0 Å². The van der Waals surface area contributed by atoms with E-state index in [1.54, 1.807) is 60.8 Å². The van der Waals surface area contributed by atoms with Crippen molar-refractivity contribution in [2.45, 2.75) is 5.92 Å². The van der Waals surface area contributed by atoms with Crippen LogP contribution >= 0.6 is 0 Å². The predicted octanol–water partition coefficient (Wildman–Crippen LogP) is 5.63. The molecule has 0 aliphatic rings. The van der Waals surface area contributed by atoms with E-state index >= 15 is 0 Å². The fraction of sp³-hybridized carbons (Fsp3) is 0.0370. The third-order valence-electron chi connectivity index (χ3n) is 5.40. The van der Waals surface area contributed by atoms with Crippen molar-refractivity contribution in [3.8, 4) is 0 Å².